The van der Waals surface area contributed by atoms with Crippen LogP contribution in [0.15, 0.2) is 24.3 Å². The van der Waals surface area contributed by atoms with Gasteiger partial charge in [0.05, 0.1) is 12.7 Å². The van der Waals surface area contributed by atoms with E-state index in [1.54, 1.807) is 0 Å². The number of nitriles is 1. The van der Waals surface area contributed by atoms with Crippen LogP contribution in [0.3, 0.4) is 0 Å². The molecule has 0 atom stereocenters. The van der Waals surface area contributed by atoms with Crippen LogP contribution in [-0.2, 0) is 0 Å². The van der Waals surface area contributed by atoms with Crippen LogP contribution in [0.25, 0.3) is 0 Å². The average molecular weight is 287 g/mol. The maximum absolute atomic E-state index is 8.30. The van der Waals surface area contributed by atoms with Gasteiger partial charge in [-0.25, -0.2) is 0 Å². The van der Waals surface area contributed by atoms with E-state index in [4.69, 9.17) is 10.00 Å². The third-order valence-corrected chi connectivity index (χ3v) is 2.17. The highest BCUT2D eigenvalue weighted by molar-refractivity contribution is 14.1. The molecule has 1 aromatic rings. The first-order valence-electron chi connectivity index (χ1n) is 4.08. The molecular formula is C10H10INO. The number of halogens is 1. The lowest BCUT2D eigenvalue weighted by Gasteiger charge is -2.04. The minimum absolute atomic E-state index is 0.559. The molecule has 0 fully saturated rings. The Kier molecular flexibility index (Phi) is 4.61. The fourth-order valence-electron chi connectivity index (χ4n) is 0.898. The second-order valence-corrected chi connectivity index (χ2v) is 3.81. The lowest BCUT2D eigenvalue weighted by molar-refractivity contribution is 0.312. The molecule has 68 valence electrons. The van der Waals surface area contributed by atoms with E-state index in [9.17, 15) is 0 Å². The maximum atomic E-state index is 8.30. The molecule has 1 rings (SSSR count). The summed E-state index contributed by atoms with van der Waals surface area (Å²) >= 11 is 2.24. The molecule has 0 amide bonds. The van der Waals surface area contributed by atoms with Crippen LogP contribution < -0.4 is 4.74 Å². The van der Waals surface area contributed by atoms with E-state index in [1.807, 2.05) is 24.3 Å². The second-order valence-electron chi connectivity index (χ2n) is 2.57. The van der Waals surface area contributed by atoms with Crippen molar-refractivity contribution in [3.8, 4) is 11.8 Å². The molecule has 0 spiro atoms. The average Bonchev–Trinajstić information content (AvgIpc) is 2.13. The van der Waals surface area contributed by atoms with Gasteiger partial charge in [-0.05, 0) is 47.2 Å². The Bertz CT molecular complexity index is 306. The van der Waals surface area contributed by atoms with Gasteiger partial charge in [0.25, 0.3) is 0 Å². The van der Waals surface area contributed by atoms with Crippen molar-refractivity contribution in [2.24, 2.45) is 0 Å². The molecule has 0 aliphatic heterocycles. The highest BCUT2D eigenvalue weighted by atomic mass is 127. The molecule has 0 unspecified atom stereocenters. The molecule has 0 aliphatic carbocycles. The van der Waals surface area contributed by atoms with Crippen molar-refractivity contribution in [1.82, 2.24) is 0 Å². The molecule has 13 heavy (non-hydrogen) atoms. The summed E-state index contributed by atoms with van der Waals surface area (Å²) in [5.74, 6) is 0.879. The van der Waals surface area contributed by atoms with Gasteiger partial charge in [-0.15, -0.1) is 0 Å². The van der Waals surface area contributed by atoms with E-state index in [-0.39, 0.29) is 0 Å². The Balaban J connectivity index is 2.33. The Morgan fingerprint density at radius 3 is 3.00 bits per heavy atom. The van der Waals surface area contributed by atoms with Crippen LogP contribution in [-0.4, -0.2) is 6.61 Å². The van der Waals surface area contributed by atoms with Crippen LogP contribution in [0.1, 0.15) is 12.8 Å². The number of benzene rings is 1. The Morgan fingerprint density at radius 2 is 2.31 bits per heavy atom. The lowest BCUT2D eigenvalue weighted by Crippen LogP contribution is -1.96. The van der Waals surface area contributed by atoms with Crippen molar-refractivity contribution in [2.45, 2.75) is 12.8 Å². The zero-order valence-electron chi connectivity index (χ0n) is 7.16. The van der Waals surface area contributed by atoms with Gasteiger partial charge in [0.1, 0.15) is 5.75 Å². The minimum atomic E-state index is 0.559. The van der Waals surface area contributed by atoms with Gasteiger partial charge in [0, 0.05) is 9.99 Å². The number of ether oxygens (including phenoxy) is 1. The largest absolute Gasteiger partial charge is 0.494 e. The summed E-state index contributed by atoms with van der Waals surface area (Å²) < 4.78 is 6.60. The van der Waals surface area contributed by atoms with Crippen LogP contribution in [0.5, 0.6) is 5.75 Å². The first-order valence-corrected chi connectivity index (χ1v) is 5.16. The highest BCUT2D eigenvalue weighted by Crippen LogP contribution is 2.14. The van der Waals surface area contributed by atoms with Gasteiger partial charge in [-0.2, -0.15) is 5.26 Å². The smallest absolute Gasteiger partial charge is 0.120 e. The number of rotatable bonds is 4. The molecule has 2 nitrogen and oxygen atoms in total. The molecule has 0 bridgehead atoms. The van der Waals surface area contributed by atoms with Crippen molar-refractivity contribution in [2.75, 3.05) is 6.61 Å². The van der Waals surface area contributed by atoms with Gasteiger partial charge in [-0.1, -0.05) is 6.07 Å². The Morgan fingerprint density at radius 1 is 1.46 bits per heavy atom. The van der Waals surface area contributed by atoms with Crippen LogP contribution in [0.4, 0.5) is 0 Å². The van der Waals surface area contributed by atoms with Gasteiger partial charge in [0.15, 0.2) is 0 Å². The summed E-state index contributed by atoms with van der Waals surface area (Å²) in [7, 11) is 0. The van der Waals surface area contributed by atoms with E-state index in [2.05, 4.69) is 28.7 Å². The zero-order valence-corrected chi connectivity index (χ0v) is 9.32. The zero-order chi connectivity index (χ0) is 9.52. The second kappa shape index (κ2) is 5.81. The minimum Gasteiger partial charge on any atom is -0.494 e. The Hall–Kier alpha value is -0.760. The fraction of sp³-hybridized carbons (Fsp3) is 0.300. The molecular weight excluding hydrogens is 277 g/mol. The van der Waals surface area contributed by atoms with Gasteiger partial charge in [-0.3, -0.25) is 0 Å². The topological polar surface area (TPSA) is 33.0 Å². The normalized spacial score (nSPS) is 9.23. The third-order valence-electron chi connectivity index (χ3n) is 1.50. The number of nitrogens with zero attached hydrogens (tertiary/aromatic N) is 1. The van der Waals surface area contributed by atoms with Crippen molar-refractivity contribution < 1.29 is 4.74 Å². The van der Waals surface area contributed by atoms with E-state index >= 15 is 0 Å². The summed E-state index contributed by atoms with van der Waals surface area (Å²) in [4.78, 5) is 0. The monoisotopic (exact) mass is 287 g/mol. The quantitative estimate of drug-likeness (QED) is 0.630. The maximum Gasteiger partial charge on any atom is 0.120 e. The first kappa shape index (κ1) is 10.3. The summed E-state index contributed by atoms with van der Waals surface area (Å²) in [5.41, 5.74) is 0. The molecule has 0 radical (unpaired) electrons. The molecule has 0 aromatic heterocycles. The van der Waals surface area contributed by atoms with Crippen molar-refractivity contribution >= 4 is 22.6 Å². The van der Waals surface area contributed by atoms with E-state index in [0.717, 1.165) is 15.7 Å². The van der Waals surface area contributed by atoms with Gasteiger partial charge < -0.3 is 4.74 Å². The predicted octanol–water partition coefficient (Wildman–Crippen LogP) is 2.97. The third kappa shape index (κ3) is 4.13. The SMILES string of the molecule is N#CCCCOc1cccc(I)c1. The van der Waals surface area contributed by atoms with Crippen molar-refractivity contribution in [1.29, 1.82) is 5.26 Å². The molecule has 3 heteroatoms. The summed E-state index contributed by atoms with van der Waals surface area (Å²) in [5, 5.41) is 8.30. The van der Waals surface area contributed by atoms with Gasteiger partial charge >= 0.3 is 0 Å². The van der Waals surface area contributed by atoms with Gasteiger partial charge in [0.2, 0.25) is 0 Å². The van der Waals surface area contributed by atoms with E-state index in [1.165, 1.54) is 0 Å². The molecule has 0 heterocycles. The van der Waals surface area contributed by atoms with Crippen LogP contribution in [0.2, 0.25) is 0 Å². The molecule has 0 N–H and O–H groups in total. The molecule has 0 aliphatic rings. The van der Waals surface area contributed by atoms with Crippen LogP contribution >= 0.6 is 22.6 Å². The molecule has 0 saturated heterocycles. The molecule has 1 aromatic carbocycles. The van der Waals surface area contributed by atoms with Crippen molar-refractivity contribution in [3.63, 3.8) is 0 Å². The predicted molar refractivity (Wildman–Crippen MR) is 59.5 cm³/mol. The van der Waals surface area contributed by atoms with E-state index in [0.29, 0.717) is 13.0 Å². The molecule has 0 saturated carbocycles. The Labute approximate surface area is 91.7 Å². The number of hydrogen-bond donors (Lipinski definition) is 0. The number of hydrogen-bond acceptors (Lipinski definition) is 2. The lowest BCUT2D eigenvalue weighted by atomic mass is 10.3. The summed E-state index contributed by atoms with van der Waals surface area (Å²) in [6.45, 7) is 0.619. The highest BCUT2D eigenvalue weighted by Gasteiger charge is 1.93. The first-order chi connectivity index (χ1) is 6.33. The van der Waals surface area contributed by atoms with Crippen LogP contribution in [0, 0.1) is 14.9 Å². The summed E-state index contributed by atoms with van der Waals surface area (Å²) in [6, 6.07) is 9.96. The van der Waals surface area contributed by atoms with E-state index < -0.39 is 0 Å². The van der Waals surface area contributed by atoms with Crippen molar-refractivity contribution in [3.05, 3.63) is 27.8 Å². The summed E-state index contributed by atoms with van der Waals surface area (Å²) in [6.07, 6.45) is 1.35. The standard InChI is InChI=1S/C10H10INO/c11-9-4-3-5-10(8-9)13-7-2-1-6-12/h3-5,8H,1-2,7H2. The number of unbranched alkanes of at least 4 members (excludes halogenated alkanes) is 1. The fourth-order valence-corrected chi connectivity index (χ4v) is 1.41.